The van der Waals surface area contributed by atoms with Crippen molar-refractivity contribution in [3.63, 3.8) is 0 Å². The van der Waals surface area contributed by atoms with Crippen LogP contribution in [0.15, 0.2) is 48.9 Å². The standard InChI is InChI=1S/C19H12F2N8/c20-10-7-12-15(18-26-16(22)11-3-1-6-24-17(11)27-18)28-29(19(12)25-8-10)9-14-13(21)4-2-5-23-14/h1-8H,9H2,(H2,22,24,26,27). The maximum absolute atomic E-state index is 14.1. The molecule has 142 valence electrons. The highest BCUT2D eigenvalue weighted by Crippen LogP contribution is 2.28. The normalized spacial score (nSPS) is 11.4. The maximum Gasteiger partial charge on any atom is 0.184 e. The van der Waals surface area contributed by atoms with Crippen molar-refractivity contribution < 1.29 is 8.78 Å². The van der Waals surface area contributed by atoms with Crippen LogP contribution in [-0.4, -0.2) is 34.7 Å². The second-order valence-electron chi connectivity index (χ2n) is 6.27. The summed E-state index contributed by atoms with van der Waals surface area (Å²) in [5.74, 6) is -0.628. The monoisotopic (exact) mass is 390 g/mol. The van der Waals surface area contributed by atoms with E-state index in [4.69, 9.17) is 5.73 Å². The van der Waals surface area contributed by atoms with Gasteiger partial charge in [0.1, 0.15) is 23.1 Å². The molecule has 2 N–H and O–H groups in total. The highest BCUT2D eigenvalue weighted by molar-refractivity contribution is 5.92. The third-order valence-corrected chi connectivity index (χ3v) is 4.40. The molecule has 0 amide bonds. The number of fused-ring (bicyclic) bond motifs is 2. The van der Waals surface area contributed by atoms with Gasteiger partial charge in [0.2, 0.25) is 0 Å². The fourth-order valence-corrected chi connectivity index (χ4v) is 3.08. The van der Waals surface area contributed by atoms with Gasteiger partial charge in [0.15, 0.2) is 17.1 Å². The molecule has 5 aromatic heterocycles. The molecule has 5 aromatic rings. The number of pyridine rings is 3. The molecule has 0 atom stereocenters. The summed E-state index contributed by atoms with van der Waals surface area (Å²) in [4.78, 5) is 21.0. The summed E-state index contributed by atoms with van der Waals surface area (Å²) in [5.41, 5.74) is 7.22. The number of aromatic nitrogens is 7. The molecular formula is C19H12F2N8. The second kappa shape index (κ2) is 6.51. The number of nitrogen functional groups attached to an aromatic ring is 1. The summed E-state index contributed by atoms with van der Waals surface area (Å²) in [6.07, 6.45) is 4.13. The number of halogens is 2. The summed E-state index contributed by atoms with van der Waals surface area (Å²) in [6.45, 7) is 0.00309. The molecule has 8 nitrogen and oxygen atoms in total. The predicted octanol–water partition coefficient (Wildman–Crippen LogP) is 2.74. The molecule has 0 aliphatic carbocycles. The van der Waals surface area contributed by atoms with E-state index in [0.29, 0.717) is 22.1 Å². The molecule has 0 unspecified atom stereocenters. The molecule has 29 heavy (non-hydrogen) atoms. The van der Waals surface area contributed by atoms with Gasteiger partial charge in [-0.15, -0.1) is 0 Å². The van der Waals surface area contributed by atoms with Crippen molar-refractivity contribution in [3.05, 3.63) is 66.3 Å². The van der Waals surface area contributed by atoms with Crippen LogP contribution in [0.25, 0.3) is 33.6 Å². The Labute approximate surface area is 162 Å². The van der Waals surface area contributed by atoms with Crippen molar-refractivity contribution in [1.29, 1.82) is 0 Å². The van der Waals surface area contributed by atoms with Crippen LogP contribution >= 0.6 is 0 Å². The molecule has 0 aromatic carbocycles. The number of hydrogen-bond acceptors (Lipinski definition) is 7. The van der Waals surface area contributed by atoms with E-state index in [9.17, 15) is 8.78 Å². The van der Waals surface area contributed by atoms with E-state index in [0.717, 1.165) is 6.20 Å². The van der Waals surface area contributed by atoms with Gasteiger partial charge in [0, 0.05) is 12.4 Å². The molecule has 0 saturated heterocycles. The summed E-state index contributed by atoms with van der Waals surface area (Å²) < 4.78 is 29.4. The molecule has 0 fully saturated rings. The zero-order chi connectivity index (χ0) is 20.0. The van der Waals surface area contributed by atoms with Crippen molar-refractivity contribution in [3.8, 4) is 11.5 Å². The van der Waals surface area contributed by atoms with Gasteiger partial charge in [-0.2, -0.15) is 5.10 Å². The van der Waals surface area contributed by atoms with Gasteiger partial charge in [-0.1, -0.05) is 0 Å². The summed E-state index contributed by atoms with van der Waals surface area (Å²) in [7, 11) is 0. The SMILES string of the molecule is Nc1nc(-c2nn(Cc3ncccc3F)c3ncc(F)cc23)nc2ncccc12. The zero-order valence-electron chi connectivity index (χ0n) is 14.8. The van der Waals surface area contributed by atoms with E-state index in [1.807, 2.05) is 0 Å². The number of rotatable bonds is 3. The van der Waals surface area contributed by atoms with Crippen molar-refractivity contribution in [2.24, 2.45) is 0 Å². The number of nitrogens with two attached hydrogens (primary N) is 1. The van der Waals surface area contributed by atoms with Crippen molar-refractivity contribution in [1.82, 2.24) is 34.7 Å². The van der Waals surface area contributed by atoms with E-state index in [1.54, 1.807) is 18.3 Å². The van der Waals surface area contributed by atoms with Crippen LogP contribution < -0.4 is 5.73 Å². The van der Waals surface area contributed by atoms with E-state index < -0.39 is 11.6 Å². The lowest BCUT2D eigenvalue weighted by molar-refractivity contribution is 0.575. The second-order valence-corrected chi connectivity index (χ2v) is 6.27. The van der Waals surface area contributed by atoms with Crippen LogP contribution in [0.3, 0.4) is 0 Å². The summed E-state index contributed by atoms with van der Waals surface area (Å²) >= 11 is 0. The summed E-state index contributed by atoms with van der Waals surface area (Å²) in [6, 6.07) is 7.56. The average Bonchev–Trinajstić information content (AvgIpc) is 3.07. The van der Waals surface area contributed by atoms with Gasteiger partial charge in [0.05, 0.1) is 29.2 Å². The van der Waals surface area contributed by atoms with E-state index in [-0.39, 0.29) is 29.6 Å². The third-order valence-electron chi connectivity index (χ3n) is 4.40. The van der Waals surface area contributed by atoms with E-state index >= 15 is 0 Å². The smallest absolute Gasteiger partial charge is 0.184 e. The minimum absolute atomic E-state index is 0.00309. The fourth-order valence-electron chi connectivity index (χ4n) is 3.08. The van der Waals surface area contributed by atoms with Gasteiger partial charge >= 0.3 is 0 Å². The topological polar surface area (TPSA) is 108 Å². The Balaban J connectivity index is 1.72. The predicted molar refractivity (Wildman–Crippen MR) is 102 cm³/mol. The Hall–Kier alpha value is -4.08. The Morgan fingerprint density at radius 3 is 2.66 bits per heavy atom. The lowest BCUT2D eigenvalue weighted by Gasteiger charge is -2.03. The molecule has 0 aliphatic heterocycles. The molecule has 0 radical (unpaired) electrons. The van der Waals surface area contributed by atoms with Crippen LogP contribution in [0, 0.1) is 11.6 Å². The molecule has 0 saturated carbocycles. The van der Waals surface area contributed by atoms with Crippen LogP contribution in [-0.2, 0) is 6.54 Å². The number of nitrogens with zero attached hydrogens (tertiary/aromatic N) is 7. The highest BCUT2D eigenvalue weighted by atomic mass is 19.1. The lowest BCUT2D eigenvalue weighted by atomic mass is 10.2. The van der Waals surface area contributed by atoms with Gasteiger partial charge in [-0.3, -0.25) is 4.98 Å². The minimum Gasteiger partial charge on any atom is -0.383 e. The van der Waals surface area contributed by atoms with Crippen molar-refractivity contribution in [2.45, 2.75) is 6.54 Å². The Morgan fingerprint density at radius 2 is 1.79 bits per heavy atom. The Bertz CT molecular complexity index is 1380. The molecule has 5 rings (SSSR count). The fraction of sp³-hybridized carbons (Fsp3) is 0.0526. The van der Waals surface area contributed by atoms with Gasteiger partial charge in [-0.05, 0) is 30.3 Å². The maximum atomic E-state index is 14.1. The van der Waals surface area contributed by atoms with Crippen LogP contribution in [0.2, 0.25) is 0 Å². The first kappa shape index (κ1) is 17.0. The van der Waals surface area contributed by atoms with Crippen LogP contribution in [0.4, 0.5) is 14.6 Å². The molecule has 5 heterocycles. The Kier molecular flexibility index (Phi) is 3.83. The first-order valence-corrected chi connectivity index (χ1v) is 8.60. The van der Waals surface area contributed by atoms with Crippen LogP contribution in [0.1, 0.15) is 5.69 Å². The molecule has 10 heteroatoms. The first-order chi connectivity index (χ1) is 14.1. The van der Waals surface area contributed by atoms with Crippen LogP contribution in [0.5, 0.6) is 0 Å². The molecule has 0 bridgehead atoms. The molecule has 0 aliphatic rings. The van der Waals surface area contributed by atoms with E-state index in [1.165, 1.54) is 29.1 Å². The van der Waals surface area contributed by atoms with E-state index in [2.05, 4.69) is 30.0 Å². The quantitative estimate of drug-likeness (QED) is 0.504. The highest BCUT2D eigenvalue weighted by Gasteiger charge is 2.19. The van der Waals surface area contributed by atoms with Crippen molar-refractivity contribution in [2.75, 3.05) is 5.73 Å². The Morgan fingerprint density at radius 1 is 0.966 bits per heavy atom. The number of hydrogen-bond donors (Lipinski definition) is 1. The zero-order valence-corrected chi connectivity index (χ0v) is 14.8. The van der Waals surface area contributed by atoms with Gasteiger partial charge < -0.3 is 5.73 Å². The lowest BCUT2D eigenvalue weighted by Crippen LogP contribution is -2.07. The van der Waals surface area contributed by atoms with Gasteiger partial charge in [-0.25, -0.2) is 33.4 Å². The van der Waals surface area contributed by atoms with Gasteiger partial charge in [0.25, 0.3) is 0 Å². The molecule has 0 spiro atoms. The largest absolute Gasteiger partial charge is 0.383 e. The summed E-state index contributed by atoms with van der Waals surface area (Å²) in [5, 5.41) is 5.43. The number of anilines is 1. The average molecular weight is 390 g/mol. The third kappa shape index (κ3) is 2.90. The minimum atomic E-state index is -0.547. The molecular weight excluding hydrogens is 378 g/mol. The van der Waals surface area contributed by atoms with Crippen molar-refractivity contribution >= 4 is 27.9 Å². The first-order valence-electron chi connectivity index (χ1n) is 8.60.